The summed E-state index contributed by atoms with van der Waals surface area (Å²) in [7, 11) is 1.68. The minimum atomic E-state index is -3.61. The molecule has 0 amide bonds. The maximum Gasteiger partial charge on any atom is 0.236 e. The van der Waals surface area contributed by atoms with Gasteiger partial charge in [-0.1, -0.05) is 0 Å². The lowest BCUT2D eigenvalue weighted by atomic mass is 10.1. The van der Waals surface area contributed by atoms with E-state index in [1.54, 1.807) is 6.07 Å². The van der Waals surface area contributed by atoms with E-state index >= 15 is 0 Å². The summed E-state index contributed by atoms with van der Waals surface area (Å²) >= 11 is 0. The van der Waals surface area contributed by atoms with E-state index in [1.165, 1.54) is 0 Å². The first-order valence-electron chi connectivity index (χ1n) is 5.76. The van der Waals surface area contributed by atoms with Gasteiger partial charge in [0.25, 0.3) is 0 Å². The van der Waals surface area contributed by atoms with Crippen LogP contribution in [0.3, 0.4) is 0 Å². The fourth-order valence-electron chi connectivity index (χ4n) is 2.07. The standard InChI is InChI=1S/C12H15ClO4S/c1-3-16-11-5-9-4-8(2)17-12(9)6-10(11)7-18(13,14)15/h5-6,8H,3-4,7H2,1-2H3. The molecule has 1 aromatic rings. The molecule has 100 valence electrons. The Morgan fingerprint density at radius 2 is 2.22 bits per heavy atom. The zero-order chi connectivity index (χ0) is 13.3. The predicted molar refractivity (Wildman–Crippen MR) is 69.9 cm³/mol. The quantitative estimate of drug-likeness (QED) is 0.800. The molecule has 0 saturated heterocycles. The lowest BCUT2D eigenvalue weighted by Gasteiger charge is -2.11. The first-order valence-corrected chi connectivity index (χ1v) is 8.24. The second-order valence-corrected chi connectivity index (χ2v) is 7.09. The molecule has 1 atom stereocenters. The maximum absolute atomic E-state index is 11.2. The van der Waals surface area contributed by atoms with E-state index in [4.69, 9.17) is 20.2 Å². The summed E-state index contributed by atoms with van der Waals surface area (Å²) in [5.41, 5.74) is 1.58. The highest BCUT2D eigenvalue weighted by atomic mass is 35.7. The van der Waals surface area contributed by atoms with Crippen LogP contribution in [0.1, 0.15) is 25.0 Å². The van der Waals surface area contributed by atoms with E-state index in [2.05, 4.69) is 0 Å². The van der Waals surface area contributed by atoms with Gasteiger partial charge in [-0.15, -0.1) is 0 Å². The zero-order valence-corrected chi connectivity index (χ0v) is 11.8. The number of hydrogen-bond acceptors (Lipinski definition) is 4. The Labute approximate surface area is 111 Å². The SMILES string of the molecule is CCOc1cc2c(cc1CS(=O)(=O)Cl)OC(C)C2. The van der Waals surface area contributed by atoms with Crippen LogP contribution in [0.4, 0.5) is 0 Å². The summed E-state index contributed by atoms with van der Waals surface area (Å²) in [5, 5.41) is 0. The molecule has 1 aromatic carbocycles. The highest BCUT2D eigenvalue weighted by Crippen LogP contribution is 2.36. The molecule has 4 nitrogen and oxygen atoms in total. The molecule has 1 aliphatic heterocycles. The number of rotatable bonds is 4. The molecule has 0 spiro atoms. The number of hydrogen-bond donors (Lipinski definition) is 0. The van der Waals surface area contributed by atoms with E-state index in [1.807, 2.05) is 19.9 Å². The van der Waals surface area contributed by atoms with Gasteiger partial charge in [0, 0.05) is 28.2 Å². The van der Waals surface area contributed by atoms with Crippen LogP contribution >= 0.6 is 10.7 Å². The van der Waals surface area contributed by atoms with Crippen molar-refractivity contribution in [3.05, 3.63) is 23.3 Å². The van der Waals surface area contributed by atoms with Crippen LogP contribution in [0.2, 0.25) is 0 Å². The Bertz CT molecular complexity index is 553. The van der Waals surface area contributed by atoms with Gasteiger partial charge >= 0.3 is 0 Å². The third kappa shape index (κ3) is 3.09. The lowest BCUT2D eigenvalue weighted by Crippen LogP contribution is -2.05. The highest BCUT2D eigenvalue weighted by molar-refractivity contribution is 8.13. The summed E-state index contributed by atoms with van der Waals surface area (Å²) in [6.45, 7) is 4.30. The molecule has 0 saturated carbocycles. The molecular formula is C12H15ClO4S. The van der Waals surface area contributed by atoms with Gasteiger partial charge in [0.1, 0.15) is 17.6 Å². The predicted octanol–water partition coefficient (Wildman–Crippen LogP) is 2.48. The van der Waals surface area contributed by atoms with E-state index in [9.17, 15) is 8.42 Å². The van der Waals surface area contributed by atoms with Crippen molar-refractivity contribution < 1.29 is 17.9 Å². The van der Waals surface area contributed by atoms with Gasteiger partial charge in [0.15, 0.2) is 0 Å². The van der Waals surface area contributed by atoms with Crippen LogP contribution < -0.4 is 9.47 Å². The van der Waals surface area contributed by atoms with Crippen molar-refractivity contribution in [2.45, 2.75) is 32.1 Å². The summed E-state index contributed by atoms with van der Waals surface area (Å²) in [6, 6.07) is 3.56. The van der Waals surface area contributed by atoms with Crippen LogP contribution in [0, 0.1) is 0 Å². The smallest absolute Gasteiger partial charge is 0.236 e. The van der Waals surface area contributed by atoms with E-state index in [-0.39, 0.29) is 11.9 Å². The van der Waals surface area contributed by atoms with Gasteiger partial charge in [-0.25, -0.2) is 8.42 Å². The lowest BCUT2D eigenvalue weighted by molar-refractivity contribution is 0.254. The average molecular weight is 291 g/mol. The summed E-state index contributed by atoms with van der Waals surface area (Å²) in [4.78, 5) is 0. The number of halogens is 1. The maximum atomic E-state index is 11.2. The topological polar surface area (TPSA) is 52.6 Å². The average Bonchev–Trinajstić information content (AvgIpc) is 2.56. The first-order chi connectivity index (χ1) is 8.39. The zero-order valence-electron chi connectivity index (χ0n) is 10.3. The molecule has 1 unspecified atom stereocenters. The van der Waals surface area contributed by atoms with Crippen molar-refractivity contribution in [2.24, 2.45) is 0 Å². The molecule has 2 rings (SSSR count). The van der Waals surface area contributed by atoms with Gasteiger partial charge in [-0.3, -0.25) is 0 Å². The van der Waals surface area contributed by atoms with E-state index in [0.717, 1.165) is 17.7 Å². The van der Waals surface area contributed by atoms with Crippen molar-refractivity contribution in [1.82, 2.24) is 0 Å². The van der Waals surface area contributed by atoms with Gasteiger partial charge in [-0.05, 0) is 26.0 Å². The molecule has 0 aliphatic carbocycles. The van der Waals surface area contributed by atoms with Crippen molar-refractivity contribution in [3.63, 3.8) is 0 Å². The Balaban J connectivity index is 2.41. The van der Waals surface area contributed by atoms with E-state index in [0.29, 0.717) is 17.9 Å². The minimum absolute atomic E-state index is 0.109. The fraction of sp³-hybridized carbons (Fsp3) is 0.500. The normalized spacial score (nSPS) is 18.3. The molecule has 0 bridgehead atoms. The largest absolute Gasteiger partial charge is 0.494 e. The highest BCUT2D eigenvalue weighted by Gasteiger charge is 2.23. The molecule has 0 aromatic heterocycles. The van der Waals surface area contributed by atoms with Crippen molar-refractivity contribution in [3.8, 4) is 11.5 Å². The number of ether oxygens (including phenoxy) is 2. The van der Waals surface area contributed by atoms with Gasteiger partial charge in [0.2, 0.25) is 9.05 Å². The Hall–Kier alpha value is -0.940. The number of benzene rings is 1. The Kier molecular flexibility index (Phi) is 3.73. The molecule has 0 radical (unpaired) electrons. The fourth-order valence-corrected chi connectivity index (χ4v) is 3.02. The van der Waals surface area contributed by atoms with Crippen molar-refractivity contribution in [2.75, 3.05) is 6.61 Å². The molecule has 0 fully saturated rings. The van der Waals surface area contributed by atoms with Crippen molar-refractivity contribution >= 4 is 19.7 Å². The minimum Gasteiger partial charge on any atom is -0.494 e. The van der Waals surface area contributed by atoms with Crippen LogP contribution in [0.25, 0.3) is 0 Å². The molecule has 1 aliphatic rings. The van der Waals surface area contributed by atoms with Gasteiger partial charge in [-0.2, -0.15) is 0 Å². The number of fused-ring (bicyclic) bond motifs is 1. The summed E-state index contributed by atoms with van der Waals surface area (Å²) < 4.78 is 33.4. The summed E-state index contributed by atoms with van der Waals surface area (Å²) in [5.74, 6) is 1.04. The molecule has 1 heterocycles. The third-order valence-electron chi connectivity index (χ3n) is 2.71. The van der Waals surface area contributed by atoms with Crippen LogP contribution in [0.5, 0.6) is 11.5 Å². The molecular weight excluding hydrogens is 276 g/mol. The Morgan fingerprint density at radius 3 is 2.83 bits per heavy atom. The second-order valence-electron chi connectivity index (χ2n) is 4.32. The molecule has 18 heavy (non-hydrogen) atoms. The summed E-state index contributed by atoms with van der Waals surface area (Å²) in [6.07, 6.45) is 0.917. The third-order valence-corrected chi connectivity index (χ3v) is 3.69. The second kappa shape index (κ2) is 4.97. The van der Waals surface area contributed by atoms with Gasteiger partial charge < -0.3 is 9.47 Å². The van der Waals surface area contributed by atoms with Crippen LogP contribution in [-0.4, -0.2) is 21.1 Å². The molecule has 0 N–H and O–H groups in total. The van der Waals surface area contributed by atoms with E-state index < -0.39 is 9.05 Å². The molecule has 6 heteroatoms. The van der Waals surface area contributed by atoms with Gasteiger partial charge in [0.05, 0.1) is 12.4 Å². The monoisotopic (exact) mass is 290 g/mol. The van der Waals surface area contributed by atoms with Crippen LogP contribution in [0.15, 0.2) is 12.1 Å². The van der Waals surface area contributed by atoms with Crippen molar-refractivity contribution in [1.29, 1.82) is 0 Å². The van der Waals surface area contributed by atoms with Crippen LogP contribution in [-0.2, 0) is 21.2 Å². The first kappa shape index (κ1) is 13.5. The Morgan fingerprint density at radius 1 is 1.50 bits per heavy atom.